The number of carbonyl (C=O) groups is 2. The summed E-state index contributed by atoms with van der Waals surface area (Å²) in [7, 11) is 0. The maximum Gasteiger partial charge on any atom is 0.352 e. The third kappa shape index (κ3) is 3.21. The van der Waals surface area contributed by atoms with E-state index in [9.17, 15) is 23.5 Å². The first-order chi connectivity index (χ1) is 9.87. The second kappa shape index (κ2) is 6.07. The lowest BCUT2D eigenvalue weighted by Crippen LogP contribution is -2.61. The molecule has 0 atom stereocenters. The van der Waals surface area contributed by atoms with Gasteiger partial charge in [-0.15, -0.1) is 11.3 Å². The zero-order chi connectivity index (χ0) is 15.5. The van der Waals surface area contributed by atoms with E-state index in [4.69, 9.17) is 0 Å². The highest BCUT2D eigenvalue weighted by Gasteiger charge is 2.60. The van der Waals surface area contributed by atoms with Crippen molar-refractivity contribution in [1.82, 2.24) is 10.6 Å². The molecular formula is C13H16F2N2O3S. The summed E-state index contributed by atoms with van der Waals surface area (Å²) in [6.45, 7) is -0.0847. The lowest BCUT2D eigenvalue weighted by Gasteiger charge is -2.41. The minimum atomic E-state index is -3.80. The van der Waals surface area contributed by atoms with Gasteiger partial charge in [-0.05, 0) is 30.7 Å². The van der Waals surface area contributed by atoms with Crippen molar-refractivity contribution < 1.29 is 23.5 Å². The van der Waals surface area contributed by atoms with Crippen molar-refractivity contribution in [2.24, 2.45) is 0 Å². The van der Waals surface area contributed by atoms with Gasteiger partial charge in [-0.2, -0.15) is 8.78 Å². The molecular weight excluding hydrogens is 302 g/mol. The molecule has 1 aromatic heterocycles. The summed E-state index contributed by atoms with van der Waals surface area (Å²) in [4.78, 5) is 23.5. The molecule has 2 amide bonds. The van der Waals surface area contributed by atoms with Crippen LogP contribution >= 0.6 is 11.3 Å². The van der Waals surface area contributed by atoms with Crippen LogP contribution in [0.2, 0.25) is 0 Å². The Morgan fingerprint density at radius 2 is 2.00 bits per heavy atom. The van der Waals surface area contributed by atoms with Crippen molar-refractivity contribution in [2.45, 2.75) is 30.8 Å². The molecule has 0 radical (unpaired) electrons. The van der Waals surface area contributed by atoms with Gasteiger partial charge in [0, 0.05) is 13.1 Å². The zero-order valence-electron chi connectivity index (χ0n) is 11.2. The van der Waals surface area contributed by atoms with Crippen LogP contribution < -0.4 is 10.6 Å². The van der Waals surface area contributed by atoms with Crippen LogP contribution in [0.4, 0.5) is 8.78 Å². The molecule has 8 heteroatoms. The minimum absolute atomic E-state index is 0.0387. The van der Waals surface area contributed by atoms with E-state index < -0.39 is 17.4 Å². The van der Waals surface area contributed by atoms with Crippen LogP contribution in [0.15, 0.2) is 17.5 Å². The van der Waals surface area contributed by atoms with Crippen LogP contribution in [-0.4, -0.2) is 41.5 Å². The Bertz CT molecular complexity index is 515. The lowest BCUT2D eigenvalue weighted by molar-refractivity contribution is -0.215. The van der Waals surface area contributed by atoms with Gasteiger partial charge in [0.25, 0.3) is 11.8 Å². The van der Waals surface area contributed by atoms with Crippen LogP contribution in [0, 0.1) is 0 Å². The van der Waals surface area contributed by atoms with E-state index in [1.807, 2.05) is 5.32 Å². The minimum Gasteiger partial charge on any atom is -0.383 e. The number of aliphatic hydroxyl groups is 1. The summed E-state index contributed by atoms with van der Waals surface area (Å²) in [6, 6.07) is 3.36. The van der Waals surface area contributed by atoms with Crippen molar-refractivity contribution in [3.05, 3.63) is 22.4 Å². The number of carbonyl (C=O) groups excluding carboxylic acids is 2. The van der Waals surface area contributed by atoms with E-state index in [1.54, 1.807) is 17.5 Å². The third-order valence-corrected chi connectivity index (χ3v) is 4.36. The molecule has 1 saturated carbocycles. The molecule has 116 valence electrons. The largest absolute Gasteiger partial charge is 0.383 e. The van der Waals surface area contributed by atoms with Gasteiger partial charge in [0.05, 0.1) is 4.88 Å². The quantitative estimate of drug-likeness (QED) is 0.688. The Balaban J connectivity index is 1.73. The van der Waals surface area contributed by atoms with E-state index in [-0.39, 0.29) is 31.8 Å². The predicted octanol–water partition coefficient (Wildman–Crippen LogP) is 1.14. The third-order valence-electron chi connectivity index (χ3n) is 3.49. The molecule has 0 aliphatic heterocycles. The van der Waals surface area contributed by atoms with Crippen molar-refractivity contribution >= 4 is 23.2 Å². The molecule has 1 fully saturated rings. The number of halogens is 2. The molecule has 1 heterocycles. The number of amides is 2. The van der Waals surface area contributed by atoms with Crippen molar-refractivity contribution in [3.63, 3.8) is 0 Å². The maximum absolute atomic E-state index is 13.7. The first-order valence-corrected chi connectivity index (χ1v) is 7.45. The van der Waals surface area contributed by atoms with Gasteiger partial charge in [0.2, 0.25) is 0 Å². The average Bonchev–Trinajstić information content (AvgIpc) is 2.94. The van der Waals surface area contributed by atoms with Crippen LogP contribution in [0.5, 0.6) is 0 Å². The Morgan fingerprint density at radius 3 is 2.52 bits per heavy atom. The number of thiophene rings is 1. The summed E-state index contributed by atoms with van der Waals surface area (Å²) in [6.07, 6.45) is 0.321. The molecule has 1 aliphatic rings. The van der Waals surface area contributed by atoms with Crippen molar-refractivity contribution in [1.29, 1.82) is 0 Å². The van der Waals surface area contributed by atoms with Crippen LogP contribution in [-0.2, 0) is 4.79 Å². The summed E-state index contributed by atoms with van der Waals surface area (Å²) in [5.74, 6) is -5.62. The molecule has 0 saturated heterocycles. The normalized spacial score (nSPS) is 16.9. The Morgan fingerprint density at radius 1 is 1.33 bits per heavy atom. The molecule has 3 N–H and O–H groups in total. The van der Waals surface area contributed by atoms with Gasteiger partial charge < -0.3 is 15.7 Å². The van der Waals surface area contributed by atoms with Gasteiger partial charge in [0.15, 0.2) is 0 Å². The number of hydrogen-bond donors (Lipinski definition) is 3. The highest BCUT2D eigenvalue weighted by molar-refractivity contribution is 7.12. The van der Waals surface area contributed by atoms with E-state index in [0.717, 1.165) is 0 Å². The zero-order valence-corrected chi connectivity index (χ0v) is 12.0. The van der Waals surface area contributed by atoms with Gasteiger partial charge >= 0.3 is 5.92 Å². The lowest BCUT2D eigenvalue weighted by atomic mass is 9.75. The molecule has 0 aromatic carbocycles. The molecule has 5 nitrogen and oxygen atoms in total. The van der Waals surface area contributed by atoms with E-state index >= 15 is 0 Å². The predicted molar refractivity (Wildman–Crippen MR) is 73.4 cm³/mol. The summed E-state index contributed by atoms with van der Waals surface area (Å²) >= 11 is 1.26. The maximum atomic E-state index is 13.7. The molecule has 0 bridgehead atoms. The van der Waals surface area contributed by atoms with Crippen LogP contribution in [0.25, 0.3) is 0 Å². The van der Waals surface area contributed by atoms with Crippen molar-refractivity contribution in [3.8, 4) is 0 Å². The van der Waals surface area contributed by atoms with Gasteiger partial charge in [-0.1, -0.05) is 6.07 Å². The molecule has 2 rings (SSSR count). The van der Waals surface area contributed by atoms with Crippen LogP contribution in [0.1, 0.15) is 28.9 Å². The van der Waals surface area contributed by atoms with Gasteiger partial charge in [-0.3, -0.25) is 9.59 Å². The Kier molecular flexibility index (Phi) is 4.58. The number of hydrogen-bond acceptors (Lipinski definition) is 4. The molecule has 1 aromatic rings. The topological polar surface area (TPSA) is 78.4 Å². The fourth-order valence-electron chi connectivity index (χ4n) is 1.99. The number of rotatable bonds is 6. The first kappa shape index (κ1) is 15.8. The molecule has 0 spiro atoms. The highest BCUT2D eigenvalue weighted by atomic mass is 32.1. The smallest absolute Gasteiger partial charge is 0.352 e. The standard InChI is InChI=1S/C13H16F2N2O3S/c14-13(15,12(20)4-2-5-12)11(19)17-7-6-16-10(18)9-3-1-8-21-9/h1,3,8,20H,2,4-7H2,(H,16,18)(H,17,19). The highest BCUT2D eigenvalue weighted by Crippen LogP contribution is 2.44. The first-order valence-electron chi connectivity index (χ1n) is 6.57. The van der Waals surface area contributed by atoms with Crippen molar-refractivity contribution in [2.75, 3.05) is 13.1 Å². The molecule has 0 unspecified atom stereocenters. The second-order valence-electron chi connectivity index (χ2n) is 4.95. The monoisotopic (exact) mass is 318 g/mol. The van der Waals surface area contributed by atoms with E-state index in [0.29, 0.717) is 11.3 Å². The average molecular weight is 318 g/mol. The molecule has 21 heavy (non-hydrogen) atoms. The van der Waals surface area contributed by atoms with Gasteiger partial charge in [-0.25, -0.2) is 0 Å². The van der Waals surface area contributed by atoms with E-state index in [1.165, 1.54) is 11.3 Å². The summed E-state index contributed by atoms with van der Waals surface area (Å²) < 4.78 is 27.4. The number of alkyl halides is 2. The fourth-order valence-corrected chi connectivity index (χ4v) is 2.64. The van der Waals surface area contributed by atoms with Gasteiger partial charge in [0.1, 0.15) is 5.60 Å². The Labute approximate surface area is 124 Å². The second-order valence-corrected chi connectivity index (χ2v) is 5.90. The summed E-state index contributed by atoms with van der Waals surface area (Å²) in [5.41, 5.74) is -2.22. The van der Waals surface area contributed by atoms with Crippen LogP contribution in [0.3, 0.4) is 0 Å². The SMILES string of the molecule is O=C(NCCNC(=O)C(F)(F)C1(O)CCC1)c1cccs1. The summed E-state index contributed by atoms with van der Waals surface area (Å²) in [5, 5.41) is 15.9. The molecule has 1 aliphatic carbocycles. The Hall–Kier alpha value is -1.54. The fraction of sp³-hybridized carbons (Fsp3) is 0.538. The van der Waals surface area contributed by atoms with E-state index in [2.05, 4.69) is 5.32 Å². The number of nitrogens with one attached hydrogen (secondary N) is 2.